The van der Waals surface area contributed by atoms with Crippen LogP contribution in [0.1, 0.15) is 31.2 Å². The maximum absolute atomic E-state index is 12.6. The molecule has 1 saturated carbocycles. The monoisotopic (exact) mass is 323 g/mol. The Morgan fingerprint density at radius 1 is 1.30 bits per heavy atom. The summed E-state index contributed by atoms with van der Waals surface area (Å²) in [7, 11) is 0. The molecule has 0 spiro atoms. The van der Waals surface area contributed by atoms with E-state index in [1.807, 2.05) is 0 Å². The van der Waals surface area contributed by atoms with Crippen molar-refractivity contribution in [3.8, 4) is 6.07 Å². The molecule has 1 aliphatic rings. The maximum atomic E-state index is 12.6. The Kier molecular flexibility index (Phi) is 5.27. The lowest BCUT2D eigenvalue weighted by atomic mass is 10.2. The summed E-state index contributed by atoms with van der Waals surface area (Å²) in [6.45, 7) is 0. The van der Waals surface area contributed by atoms with Crippen LogP contribution in [0.5, 0.6) is 0 Å². The van der Waals surface area contributed by atoms with Gasteiger partial charge in [-0.3, -0.25) is 4.79 Å². The molecule has 1 aliphatic carbocycles. The van der Waals surface area contributed by atoms with Crippen molar-refractivity contribution in [2.75, 3.05) is 5.32 Å². The summed E-state index contributed by atoms with van der Waals surface area (Å²) in [4.78, 5) is 12.0. The van der Waals surface area contributed by atoms with Gasteiger partial charge >= 0.3 is 6.18 Å². The average molecular weight is 323 g/mol. The molecule has 23 heavy (non-hydrogen) atoms. The fraction of sp³-hybridized carbons (Fsp3) is 0.375. The number of amides is 1. The van der Waals surface area contributed by atoms with E-state index in [0.29, 0.717) is 0 Å². The summed E-state index contributed by atoms with van der Waals surface area (Å²) < 4.78 is 37.9. The summed E-state index contributed by atoms with van der Waals surface area (Å²) in [5, 5.41) is 14.4. The molecule has 0 bridgehead atoms. The molecule has 2 N–H and O–H groups in total. The number of hydrogen-bond donors (Lipinski definition) is 2. The number of alkyl halides is 3. The molecule has 122 valence electrons. The second-order valence-electron chi connectivity index (χ2n) is 5.35. The van der Waals surface area contributed by atoms with Crippen LogP contribution in [0.25, 0.3) is 0 Å². The summed E-state index contributed by atoms with van der Waals surface area (Å²) in [6, 6.07) is 6.28. The van der Waals surface area contributed by atoms with Gasteiger partial charge in [-0.05, 0) is 31.0 Å². The van der Waals surface area contributed by atoms with E-state index in [2.05, 4.69) is 10.6 Å². The van der Waals surface area contributed by atoms with Crippen molar-refractivity contribution >= 4 is 11.6 Å². The molecule has 0 unspecified atom stereocenters. The molecule has 0 aromatic heterocycles. The van der Waals surface area contributed by atoms with E-state index in [1.165, 1.54) is 18.3 Å². The Morgan fingerprint density at radius 2 is 2.00 bits per heavy atom. The minimum Gasteiger partial charge on any atom is -0.387 e. The highest BCUT2D eigenvalue weighted by molar-refractivity contribution is 6.06. The smallest absolute Gasteiger partial charge is 0.387 e. The quantitative estimate of drug-likeness (QED) is 0.657. The number of nitrogens with one attached hydrogen (secondary N) is 2. The van der Waals surface area contributed by atoms with Gasteiger partial charge in [0.2, 0.25) is 0 Å². The van der Waals surface area contributed by atoms with Gasteiger partial charge in [-0.2, -0.15) is 18.4 Å². The van der Waals surface area contributed by atoms with Gasteiger partial charge in [0.1, 0.15) is 11.6 Å². The molecule has 4 nitrogen and oxygen atoms in total. The summed E-state index contributed by atoms with van der Waals surface area (Å²) in [5.41, 5.74) is -1.04. The van der Waals surface area contributed by atoms with Gasteiger partial charge in [-0.15, -0.1) is 0 Å². The fourth-order valence-corrected chi connectivity index (χ4v) is 2.41. The molecule has 7 heteroatoms. The predicted octanol–water partition coefficient (Wildman–Crippen LogP) is 3.58. The zero-order chi connectivity index (χ0) is 16.9. The number of hydrogen-bond acceptors (Lipinski definition) is 3. The Balaban J connectivity index is 2.04. The number of rotatable bonds is 4. The largest absolute Gasteiger partial charge is 0.416 e. The van der Waals surface area contributed by atoms with Crippen LogP contribution in [0.15, 0.2) is 36.0 Å². The van der Waals surface area contributed by atoms with Crippen molar-refractivity contribution in [2.24, 2.45) is 0 Å². The maximum Gasteiger partial charge on any atom is 0.416 e. The third-order valence-electron chi connectivity index (χ3n) is 3.63. The van der Waals surface area contributed by atoms with Gasteiger partial charge in [-0.25, -0.2) is 0 Å². The summed E-state index contributed by atoms with van der Waals surface area (Å²) in [6.07, 6.45) is 1.00. The Morgan fingerprint density at radius 3 is 2.61 bits per heavy atom. The number of carbonyl (C=O) groups excluding carboxylic acids is 1. The molecule has 1 aromatic rings. The van der Waals surface area contributed by atoms with E-state index < -0.39 is 17.6 Å². The van der Waals surface area contributed by atoms with Crippen LogP contribution in [0.2, 0.25) is 0 Å². The molecular weight excluding hydrogens is 307 g/mol. The van der Waals surface area contributed by atoms with E-state index in [0.717, 1.165) is 37.8 Å². The first-order valence-electron chi connectivity index (χ1n) is 7.25. The van der Waals surface area contributed by atoms with Crippen LogP contribution >= 0.6 is 0 Å². The SMILES string of the molecule is N#C/C(=C/NC1CCCC1)C(=O)Nc1cccc(C(F)(F)F)c1. The summed E-state index contributed by atoms with van der Waals surface area (Å²) in [5.74, 6) is -0.739. The first-order valence-corrected chi connectivity index (χ1v) is 7.25. The molecular formula is C16H16F3N3O. The second-order valence-corrected chi connectivity index (χ2v) is 5.35. The fourth-order valence-electron chi connectivity index (χ4n) is 2.41. The first kappa shape index (κ1) is 16.9. The van der Waals surface area contributed by atoms with E-state index in [1.54, 1.807) is 6.07 Å². The highest BCUT2D eigenvalue weighted by Gasteiger charge is 2.30. The molecule has 0 saturated heterocycles. The van der Waals surface area contributed by atoms with Crippen molar-refractivity contribution in [2.45, 2.75) is 37.9 Å². The average Bonchev–Trinajstić information content (AvgIpc) is 3.00. The normalized spacial score (nSPS) is 16.0. The molecule has 1 fully saturated rings. The zero-order valence-electron chi connectivity index (χ0n) is 12.3. The topological polar surface area (TPSA) is 64.9 Å². The lowest BCUT2D eigenvalue weighted by Gasteiger charge is -2.11. The second kappa shape index (κ2) is 7.18. The highest BCUT2D eigenvalue weighted by Crippen LogP contribution is 2.30. The van der Waals surface area contributed by atoms with Gasteiger partial charge in [0.25, 0.3) is 5.91 Å². The van der Waals surface area contributed by atoms with Crippen molar-refractivity contribution in [1.82, 2.24) is 5.32 Å². The highest BCUT2D eigenvalue weighted by atomic mass is 19.4. The van der Waals surface area contributed by atoms with Crippen molar-refractivity contribution < 1.29 is 18.0 Å². The molecule has 2 rings (SSSR count). The van der Waals surface area contributed by atoms with Crippen LogP contribution in [0, 0.1) is 11.3 Å². The zero-order valence-corrected chi connectivity index (χ0v) is 12.3. The van der Waals surface area contributed by atoms with Crippen molar-refractivity contribution in [3.05, 3.63) is 41.6 Å². The molecule has 1 amide bonds. The summed E-state index contributed by atoms with van der Waals surface area (Å²) >= 11 is 0. The van der Waals surface area contributed by atoms with Gasteiger partial charge in [0.15, 0.2) is 0 Å². The van der Waals surface area contributed by atoms with Gasteiger partial charge in [0.05, 0.1) is 5.56 Å². The molecule has 0 heterocycles. The van der Waals surface area contributed by atoms with Crippen molar-refractivity contribution in [1.29, 1.82) is 5.26 Å². The minimum atomic E-state index is -4.49. The Labute approximate surface area is 132 Å². The number of nitriles is 1. The van der Waals surface area contributed by atoms with Gasteiger partial charge in [0, 0.05) is 17.9 Å². The number of nitrogens with zero attached hydrogens (tertiary/aromatic N) is 1. The molecule has 1 aromatic carbocycles. The van der Waals surface area contributed by atoms with Crippen LogP contribution in [-0.4, -0.2) is 11.9 Å². The van der Waals surface area contributed by atoms with E-state index in [4.69, 9.17) is 5.26 Å². The standard InChI is InChI=1S/C16H16F3N3O/c17-16(18,19)12-4-3-7-14(8-12)22-15(23)11(9-20)10-21-13-5-1-2-6-13/h3-4,7-8,10,13,21H,1-2,5-6H2,(H,22,23)/b11-10-. The van der Waals surface area contributed by atoms with Crippen molar-refractivity contribution in [3.63, 3.8) is 0 Å². The molecule has 0 aliphatic heterocycles. The van der Waals surface area contributed by atoms with E-state index in [9.17, 15) is 18.0 Å². The van der Waals surface area contributed by atoms with Crippen LogP contribution < -0.4 is 10.6 Å². The van der Waals surface area contributed by atoms with Crippen LogP contribution in [0.3, 0.4) is 0 Å². The Bertz CT molecular complexity index is 641. The lowest BCUT2D eigenvalue weighted by Crippen LogP contribution is -2.23. The van der Waals surface area contributed by atoms with Gasteiger partial charge in [-0.1, -0.05) is 18.9 Å². The predicted molar refractivity (Wildman–Crippen MR) is 79.2 cm³/mol. The number of anilines is 1. The van der Waals surface area contributed by atoms with E-state index >= 15 is 0 Å². The van der Waals surface area contributed by atoms with E-state index in [-0.39, 0.29) is 17.3 Å². The number of carbonyl (C=O) groups is 1. The van der Waals surface area contributed by atoms with Crippen LogP contribution in [0.4, 0.5) is 18.9 Å². The number of halogens is 3. The Hall–Kier alpha value is -2.49. The molecule has 0 radical (unpaired) electrons. The number of benzene rings is 1. The third-order valence-corrected chi connectivity index (χ3v) is 3.63. The third kappa shape index (κ3) is 4.74. The molecule has 0 atom stereocenters. The van der Waals surface area contributed by atoms with Gasteiger partial charge < -0.3 is 10.6 Å². The lowest BCUT2D eigenvalue weighted by molar-refractivity contribution is -0.137. The van der Waals surface area contributed by atoms with Crippen LogP contribution in [-0.2, 0) is 11.0 Å². The minimum absolute atomic E-state index is 0.00755. The first-order chi connectivity index (χ1) is 10.9.